The molecule has 0 radical (unpaired) electrons. The smallest absolute Gasteiger partial charge is 0.280 e. The SMILES string of the molecule is O=C(Nc1nc2ccccc2[nH]1)c1cnn(-c2ccccc2)n1. The summed E-state index contributed by atoms with van der Waals surface area (Å²) in [6.45, 7) is 0. The Morgan fingerprint density at radius 2 is 1.83 bits per heavy atom. The highest BCUT2D eigenvalue weighted by molar-refractivity contribution is 6.02. The highest BCUT2D eigenvalue weighted by Gasteiger charge is 2.13. The van der Waals surface area contributed by atoms with E-state index in [1.807, 2.05) is 54.6 Å². The molecule has 0 spiro atoms. The molecule has 0 fully saturated rings. The van der Waals surface area contributed by atoms with Crippen LogP contribution in [-0.4, -0.2) is 30.9 Å². The van der Waals surface area contributed by atoms with Crippen molar-refractivity contribution < 1.29 is 4.79 Å². The van der Waals surface area contributed by atoms with Gasteiger partial charge in [-0.25, -0.2) is 4.98 Å². The molecule has 23 heavy (non-hydrogen) atoms. The molecule has 0 aliphatic heterocycles. The lowest BCUT2D eigenvalue weighted by Crippen LogP contribution is -2.14. The third-order valence-corrected chi connectivity index (χ3v) is 3.33. The molecule has 112 valence electrons. The fourth-order valence-corrected chi connectivity index (χ4v) is 2.24. The normalized spacial score (nSPS) is 10.8. The number of nitrogens with zero attached hydrogens (tertiary/aromatic N) is 4. The quantitative estimate of drug-likeness (QED) is 0.608. The number of anilines is 1. The summed E-state index contributed by atoms with van der Waals surface area (Å²) in [5.74, 6) is 0.0108. The van der Waals surface area contributed by atoms with Crippen molar-refractivity contribution in [1.29, 1.82) is 0 Å². The molecule has 0 saturated heterocycles. The van der Waals surface area contributed by atoms with Crippen molar-refractivity contribution in [3.8, 4) is 5.69 Å². The van der Waals surface area contributed by atoms with Gasteiger partial charge in [0, 0.05) is 0 Å². The monoisotopic (exact) mass is 304 g/mol. The van der Waals surface area contributed by atoms with Crippen molar-refractivity contribution in [2.24, 2.45) is 0 Å². The van der Waals surface area contributed by atoms with Gasteiger partial charge in [-0.15, -0.1) is 5.10 Å². The topological polar surface area (TPSA) is 88.5 Å². The van der Waals surface area contributed by atoms with Gasteiger partial charge in [-0.1, -0.05) is 30.3 Å². The number of hydrogen-bond acceptors (Lipinski definition) is 4. The third kappa shape index (κ3) is 2.55. The number of carbonyl (C=O) groups excluding carboxylic acids is 1. The number of para-hydroxylation sites is 3. The lowest BCUT2D eigenvalue weighted by molar-refractivity contribution is 0.102. The molecule has 0 aliphatic carbocycles. The molecule has 2 N–H and O–H groups in total. The largest absolute Gasteiger partial charge is 0.324 e. The standard InChI is InChI=1S/C16H12N6O/c23-15(20-16-18-12-8-4-5-9-13(12)19-16)14-10-17-22(21-14)11-6-2-1-3-7-11/h1-10H,(H2,18,19,20,23). The first-order valence-electron chi connectivity index (χ1n) is 7.03. The van der Waals surface area contributed by atoms with Crippen LogP contribution in [0.5, 0.6) is 0 Å². The molecule has 4 aromatic rings. The van der Waals surface area contributed by atoms with Gasteiger partial charge >= 0.3 is 0 Å². The molecule has 1 amide bonds. The van der Waals surface area contributed by atoms with Crippen molar-refractivity contribution in [2.75, 3.05) is 5.32 Å². The number of nitrogens with one attached hydrogen (secondary N) is 2. The Hall–Kier alpha value is -3.48. The summed E-state index contributed by atoms with van der Waals surface area (Å²) in [5.41, 5.74) is 2.65. The Balaban J connectivity index is 1.56. The maximum absolute atomic E-state index is 12.2. The zero-order valence-corrected chi connectivity index (χ0v) is 12.0. The number of amides is 1. The zero-order valence-electron chi connectivity index (χ0n) is 12.0. The molecule has 0 aliphatic rings. The van der Waals surface area contributed by atoms with Crippen molar-refractivity contribution in [1.82, 2.24) is 25.0 Å². The Morgan fingerprint density at radius 3 is 2.65 bits per heavy atom. The number of rotatable bonds is 3. The predicted molar refractivity (Wildman–Crippen MR) is 85.4 cm³/mol. The van der Waals surface area contributed by atoms with E-state index in [-0.39, 0.29) is 11.6 Å². The first kappa shape index (κ1) is 13.2. The van der Waals surface area contributed by atoms with Crippen molar-refractivity contribution in [2.45, 2.75) is 0 Å². The number of carbonyl (C=O) groups is 1. The van der Waals surface area contributed by atoms with Gasteiger partial charge in [-0.3, -0.25) is 10.1 Å². The van der Waals surface area contributed by atoms with Crippen LogP contribution in [0, 0.1) is 0 Å². The minimum absolute atomic E-state index is 0.217. The second kappa shape index (κ2) is 5.38. The molecule has 4 rings (SSSR count). The van der Waals surface area contributed by atoms with Crippen LogP contribution in [0.4, 0.5) is 5.95 Å². The van der Waals surface area contributed by atoms with Crippen LogP contribution >= 0.6 is 0 Å². The van der Waals surface area contributed by atoms with E-state index >= 15 is 0 Å². The minimum Gasteiger partial charge on any atom is -0.324 e. The van der Waals surface area contributed by atoms with Crippen LogP contribution in [0.25, 0.3) is 16.7 Å². The lowest BCUT2D eigenvalue weighted by Gasteiger charge is -1.98. The number of aromatic amines is 1. The molecule has 0 saturated carbocycles. The van der Waals surface area contributed by atoms with Crippen molar-refractivity contribution >= 4 is 22.9 Å². The second-order valence-corrected chi connectivity index (χ2v) is 4.91. The molecule has 0 bridgehead atoms. The van der Waals surface area contributed by atoms with Gasteiger partial charge in [0.25, 0.3) is 5.91 Å². The van der Waals surface area contributed by atoms with Crippen LogP contribution < -0.4 is 5.32 Å². The molecule has 7 nitrogen and oxygen atoms in total. The molecule has 2 aromatic heterocycles. The number of benzene rings is 2. The second-order valence-electron chi connectivity index (χ2n) is 4.91. The van der Waals surface area contributed by atoms with Gasteiger partial charge in [0.2, 0.25) is 5.95 Å². The summed E-state index contributed by atoms with van der Waals surface area (Å²) >= 11 is 0. The van der Waals surface area contributed by atoms with Crippen LogP contribution in [-0.2, 0) is 0 Å². The predicted octanol–water partition coefficient (Wildman–Crippen LogP) is 2.40. The van der Waals surface area contributed by atoms with E-state index in [2.05, 4.69) is 25.5 Å². The zero-order chi connectivity index (χ0) is 15.6. The first-order chi connectivity index (χ1) is 11.3. The van der Waals surface area contributed by atoms with Gasteiger partial charge in [-0.05, 0) is 24.3 Å². The fourth-order valence-electron chi connectivity index (χ4n) is 2.24. The number of fused-ring (bicyclic) bond motifs is 1. The van der Waals surface area contributed by atoms with E-state index in [0.29, 0.717) is 5.95 Å². The van der Waals surface area contributed by atoms with Gasteiger partial charge in [0.05, 0.1) is 22.9 Å². The van der Waals surface area contributed by atoms with E-state index in [0.717, 1.165) is 16.7 Å². The van der Waals surface area contributed by atoms with Crippen LogP contribution in [0.15, 0.2) is 60.8 Å². The lowest BCUT2D eigenvalue weighted by atomic mass is 10.3. The maximum atomic E-state index is 12.2. The van der Waals surface area contributed by atoms with E-state index < -0.39 is 0 Å². The molecule has 7 heteroatoms. The number of H-pyrrole nitrogens is 1. The van der Waals surface area contributed by atoms with Crippen LogP contribution in [0.3, 0.4) is 0 Å². The molecule has 0 unspecified atom stereocenters. The van der Waals surface area contributed by atoms with E-state index in [1.54, 1.807) is 0 Å². The molecule has 2 aromatic carbocycles. The fraction of sp³-hybridized carbons (Fsp3) is 0. The van der Waals surface area contributed by atoms with Crippen molar-refractivity contribution in [3.63, 3.8) is 0 Å². The Bertz CT molecular complexity index is 939. The maximum Gasteiger partial charge on any atom is 0.280 e. The highest BCUT2D eigenvalue weighted by atomic mass is 16.2. The third-order valence-electron chi connectivity index (χ3n) is 3.33. The van der Waals surface area contributed by atoms with Gasteiger partial charge < -0.3 is 4.98 Å². The minimum atomic E-state index is -0.369. The Morgan fingerprint density at radius 1 is 1.04 bits per heavy atom. The molecular weight excluding hydrogens is 292 g/mol. The average Bonchev–Trinajstić information content (AvgIpc) is 3.22. The summed E-state index contributed by atoms with van der Waals surface area (Å²) in [6.07, 6.45) is 1.42. The molecular formula is C16H12N6O. The van der Waals surface area contributed by atoms with Gasteiger partial charge in [0.15, 0.2) is 5.69 Å². The summed E-state index contributed by atoms with van der Waals surface area (Å²) in [7, 11) is 0. The summed E-state index contributed by atoms with van der Waals surface area (Å²) < 4.78 is 0. The highest BCUT2D eigenvalue weighted by Crippen LogP contribution is 2.14. The molecule has 2 heterocycles. The average molecular weight is 304 g/mol. The van der Waals surface area contributed by atoms with E-state index in [9.17, 15) is 4.79 Å². The molecule has 0 atom stereocenters. The number of hydrogen-bond donors (Lipinski definition) is 2. The number of aromatic nitrogens is 5. The summed E-state index contributed by atoms with van der Waals surface area (Å²) in [4.78, 5) is 21.0. The summed E-state index contributed by atoms with van der Waals surface area (Å²) in [6, 6.07) is 16.9. The van der Waals surface area contributed by atoms with Crippen LogP contribution in [0.1, 0.15) is 10.5 Å². The van der Waals surface area contributed by atoms with E-state index in [4.69, 9.17) is 0 Å². The van der Waals surface area contributed by atoms with Gasteiger partial charge in [-0.2, -0.15) is 9.90 Å². The Kier molecular flexibility index (Phi) is 3.09. The van der Waals surface area contributed by atoms with Crippen LogP contribution in [0.2, 0.25) is 0 Å². The number of imidazole rings is 1. The Labute approximate surface area is 131 Å². The van der Waals surface area contributed by atoms with E-state index in [1.165, 1.54) is 11.0 Å². The van der Waals surface area contributed by atoms with Gasteiger partial charge in [0.1, 0.15) is 0 Å². The summed E-state index contributed by atoms with van der Waals surface area (Å²) in [5, 5.41) is 11.0. The first-order valence-corrected chi connectivity index (χ1v) is 7.03. The van der Waals surface area contributed by atoms with Crippen molar-refractivity contribution in [3.05, 3.63) is 66.5 Å².